The lowest BCUT2D eigenvalue weighted by molar-refractivity contribution is 0.109. The van der Waals surface area contributed by atoms with Gasteiger partial charge in [0, 0.05) is 5.54 Å². The van der Waals surface area contributed by atoms with Crippen molar-refractivity contribution >= 4 is 0 Å². The third-order valence-corrected chi connectivity index (χ3v) is 4.71. The van der Waals surface area contributed by atoms with E-state index in [0.29, 0.717) is 17.6 Å². The number of benzene rings is 1. The maximum absolute atomic E-state index is 9.38. The maximum Gasteiger partial charge on any atom is 0.115 e. The first-order valence-corrected chi connectivity index (χ1v) is 7.47. The lowest BCUT2D eigenvalue weighted by atomic mass is 9.63. The smallest absolute Gasteiger partial charge is 0.115 e. The molecule has 0 aromatic heterocycles. The Morgan fingerprint density at radius 1 is 1.26 bits per heavy atom. The van der Waals surface area contributed by atoms with E-state index in [0.717, 1.165) is 18.8 Å². The van der Waals surface area contributed by atoms with E-state index in [1.54, 1.807) is 12.1 Å². The van der Waals surface area contributed by atoms with E-state index in [-0.39, 0.29) is 5.54 Å². The molecule has 0 amide bonds. The normalized spacial score (nSPS) is 31.6. The highest BCUT2D eigenvalue weighted by molar-refractivity contribution is 5.27. The molecule has 19 heavy (non-hydrogen) atoms. The summed E-state index contributed by atoms with van der Waals surface area (Å²) in [6.45, 7) is 6.90. The van der Waals surface area contributed by atoms with E-state index < -0.39 is 0 Å². The molecule has 3 N–H and O–H groups in total. The highest BCUT2D eigenvalue weighted by atomic mass is 16.3. The van der Waals surface area contributed by atoms with Crippen molar-refractivity contribution in [3.63, 3.8) is 0 Å². The van der Waals surface area contributed by atoms with Crippen LogP contribution in [-0.4, -0.2) is 10.6 Å². The van der Waals surface area contributed by atoms with E-state index in [1.165, 1.54) is 18.4 Å². The van der Waals surface area contributed by atoms with Crippen LogP contribution in [0.1, 0.15) is 45.6 Å². The number of phenolic OH excluding ortho intramolecular Hbond substituents is 1. The van der Waals surface area contributed by atoms with E-state index in [9.17, 15) is 5.11 Å². The number of rotatable bonds is 3. The van der Waals surface area contributed by atoms with Crippen LogP contribution in [0.15, 0.2) is 24.3 Å². The van der Waals surface area contributed by atoms with Gasteiger partial charge in [0.05, 0.1) is 0 Å². The zero-order valence-electron chi connectivity index (χ0n) is 12.4. The van der Waals surface area contributed by atoms with Crippen LogP contribution in [-0.2, 0) is 6.42 Å². The molecule has 0 radical (unpaired) electrons. The van der Waals surface area contributed by atoms with Gasteiger partial charge in [-0.3, -0.25) is 0 Å². The SMILES string of the molecule is CC1CCC(C(C)C)C(N)(Cc2ccc(O)cc2)C1. The molecule has 1 aromatic rings. The van der Waals surface area contributed by atoms with Crippen molar-refractivity contribution in [3.8, 4) is 5.75 Å². The van der Waals surface area contributed by atoms with Gasteiger partial charge < -0.3 is 10.8 Å². The highest BCUT2D eigenvalue weighted by Crippen LogP contribution is 2.41. The Morgan fingerprint density at radius 2 is 1.89 bits per heavy atom. The fourth-order valence-corrected chi connectivity index (χ4v) is 3.85. The summed E-state index contributed by atoms with van der Waals surface area (Å²) in [6, 6.07) is 7.52. The van der Waals surface area contributed by atoms with Gasteiger partial charge in [-0.05, 0) is 54.7 Å². The summed E-state index contributed by atoms with van der Waals surface area (Å²) in [5.74, 6) is 2.27. The zero-order valence-corrected chi connectivity index (χ0v) is 12.4. The molecule has 3 unspecified atom stereocenters. The van der Waals surface area contributed by atoms with Crippen molar-refractivity contribution in [3.05, 3.63) is 29.8 Å². The first-order valence-electron chi connectivity index (χ1n) is 7.47. The van der Waals surface area contributed by atoms with Crippen molar-refractivity contribution in [2.75, 3.05) is 0 Å². The maximum atomic E-state index is 9.38. The molecular weight excluding hydrogens is 234 g/mol. The van der Waals surface area contributed by atoms with Crippen molar-refractivity contribution in [2.45, 2.75) is 52.0 Å². The topological polar surface area (TPSA) is 46.2 Å². The minimum absolute atomic E-state index is 0.0944. The van der Waals surface area contributed by atoms with Gasteiger partial charge in [-0.15, -0.1) is 0 Å². The van der Waals surface area contributed by atoms with Crippen LogP contribution in [0, 0.1) is 17.8 Å². The van der Waals surface area contributed by atoms with Crippen LogP contribution in [0.4, 0.5) is 0 Å². The summed E-state index contributed by atoms with van der Waals surface area (Å²) >= 11 is 0. The standard InChI is InChI=1S/C17H27NO/c1-12(2)16-9-4-13(3)10-17(16,18)11-14-5-7-15(19)8-6-14/h5-8,12-13,16,19H,4,9-11,18H2,1-3H3. The molecular formula is C17H27NO. The number of aromatic hydroxyl groups is 1. The first kappa shape index (κ1) is 14.4. The van der Waals surface area contributed by atoms with Crippen molar-refractivity contribution in [1.82, 2.24) is 0 Å². The molecule has 0 spiro atoms. The van der Waals surface area contributed by atoms with E-state index >= 15 is 0 Å². The van der Waals surface area contributed by atoms with Crippen LogP contribution in [0.25, 0.3) is 0 Å². The number of hydrogen-bond donors (Lipinski definition) is 2. The second-order valence-electron chi connectivity index (χ2n) is 6.81. The monoisotopic (exact) mass is 261 g/mol. The van der Waals surface area contributed by atoms with Crippen LogP contribution in [0.3, 0.4) is 0 Å². The van der Waals surface area contributed by atoms with Gasteiger partial charge in [0.25, 0.3) is 0 Å². The molecule has 0 saturated heterocycles. The largest absolute Gasteiger partial charge is 0.508 e. The molecule has 1 fully saturated rings. The minimum atomic E-state index is -0.0944. The van der Waals surface area contributed by atoms with E-state index in [4.69, 9.17) is 5.73 Å². The Morgan fingerprint density at radius 3 is 2.47 bits per heavy atom. The quantitative estimate of drug-likeness (QED) is 0.871. The molecule has 2 heteroatoms. The van der Waals surface area contributed by atoms with Crippen molar-refractivity contribution < 1.29 is 5.11 Å². The zero-order chi connectivity index (χ0) is 14.0. The van der Waals surface area contributed by atoms with Crippen LogP contribution < -0.4 is 5.73 Å². The van der Waals surface area contributed by atoms with Crippen molar-refractivity contribution in [2.24, 2.45) is 23.5 Å². The van der Waals surface area contributed by atoms with Gasteiger partial charge >= 0.3 is 0 Å². The van der Waals surface area contributed by atoms with Crippen LogP contribution in [0.5, 0.6) is 5.75 Å². The molecule has 0 bridgehead atoms. The molecule has 1 saturated carbocycles. The molecule has 2 rings (SSSR count). The first-order chi connectivity index (χ1) is 8.90. The third kappa shape index (κ3) is 3.30. The molecule has 1 aromatic carbocycles. The van der Waals surface area contributed by atoms with Gasteiger partial charge in [-0.2, -0.15) is 0 Å². The van der Waals surface area contributed by atoms with Gasteiger partial charge in [0.15, 0.2) is 0 Å². The Hall–Kier alpha value is -1.02. The van der Waals surface area contributed by atoms with Crippen molar-refractivity contribution in [1.29, 1.82) is 0 Å². The van der Waals surface area contributed by atoms with Gasteiger partial charge in [0.2, 0.25) is 0 Å². The Kier molecular flexibility index (Phi) is 4.19. The average molecular weight is 261 g/mol. The van der Waals surface area contributed by atoms with Gasteiger partial charge in [-0.25, -0.2) is 0 Å². The van der Waals surface area contributed by atoms with Crippen LogP contribution >= 0.6 is 0 Å². The summed E-state index contributed by atoms with van der Waals surface area (Å²) in [7, 11) is 0. The predicted octanol–water partition coefficient (Wildman–Crippen LogP) is 3.72. The fraction of sp³-hybridized carbons (Fsp3) is 0.647. The highest BCUT2D eigenvalue weighted by Gasteiger charge is 2.40. The number of hydrogen-bond acceptors (Lipinski definition) is 2. The Balaban J connectivity index is 2.19. The molecule has 1 aliphatic carbocycles. The molecule has 1 aliphatic rings. The molecule has 2 nitrogen and oxygen atoms in total. The second-order valence-corrected chi connectivity index (χ2v) is 6.81. The number of nitrogens with two attached hydrogens (primary N) is 1. The van der Waals surface area contributed by atoms with E-state index in [1.807, 2.05) is 12.1 Å². The second kappa shape index (κ2) is 5.54. The summed E-state index contributed by atoms with van der Waals surface area (Å²) < 4.78 is 0. The number of phenols is 1. The summed E-state index contributed by atoms with van der Waals surface area (Å²) in [5.41, 5.74) is 7.94. The van der Waals surface area contributed by atoms with Gasteiger partial charge in [-0.1, -0.05) is 39.3 Å². The van der Waals surface area contributed by atoms with Gasteiger partial charge in [0.1, 0.15) is 5.75 Å². The lowest BCUT2D eigenvalue weighted by Crippen LogP contribution is -2.54. The lowest BCUT2D eigenvalue weighted by Gasteiger charge is -2.46. The summed E-state index contributed by atoms with van der Waals surface area (Å²) in [4.78, 5) is 0. The predicted molar refractivity (Wildman–Crippen MR) is 80.1 cm³/mol. The molecule has 0 heterocycles. The minimum Gasteiger partial charge on any atom is -0.508 e. The summed E-state index contributed by atoms with van der Waals surface area (Å²) in [5, 5.41) is 9.38. The Labute approximate surface area is 117 Å². The molecule has 106 valence electrons. The molecule has 3 atom stereocenters. The average Bonchev–Trinajstić information content (AvgIpc) is 2.31. The third-order valence-electron chi connectivity index (χ3n) is 4.71. The Bertz CT molecular complexity index is 412. The fourth-order valence-electron chi connectivity index (χ4n) is 3.85. The van der Waals surface area contributed by atoms with E-state index in [2.05, 4.69) is 20.8 Å². The van der Waals surface area contributed by atoms with Crippen LogP contribution in [0.2, 0.25) is 0 Å². The molecule has 0 aliphatic heterocycles. The summed E-state index contributed by atoms with van der Waals surface area (Å²) in [6.07, 6.45) is 4.57.